The van der Waals surface area contributed by atoms with Crippen molar-refractivity contribution in [3.05, 3.63) is 36.0 Å². The number of fused-ring (bicyclic) bond motifs is 1. The number of hydrogen-bond donors (Lipinski definition) is 2. The summed E-state index contributed by atoms with van der Waals surface area (Å²) in [6.07, 6.45) is 1.71. The number of aliphatic carboxylic acids is 1. The highest BCUT2D eigenvalue weighted by molar-refractivity contribution is 7.89. The topological polar surface area (TPSA) is 96.4 Å². The number of pyridine rings is 1. The average molecular weight is 336 g/mol. The summed E-state index contributed by atoms with van der Waals surface area (Å²) in [6.45, 7) is 5.22. The van der Waals surface area contributed by atoms with Gasteiger partial charge in [-0.25, -0.2) is 13.1 Å². The van der Waals surface area contributed by atoms with Crippen LogP contribution in [0.1, 0.15) is 32.3 Å². The van der Waals surface area contributed by atoms with E-state index in [-0.39, 0.29) is 17.7 Å². The molecule has 0 bridgehead atoms. The first kappa shape index (κ1) is 17.4. The number of nitrogens with one attached hydrogen (secondary N) is 1. The zero-order chi connectivity index (χ0) is 17.3. The SMILES string of the molecule is Cc1cnc2c(S(=O)(=O)NC(C)(C)CCC(=O)O)cccc2c1. The van der Waals surface area contributed by atoms with Gasteiger partial charge in [0.25, 0.3) is 0 Å². The smallest absolute Gasteiger partial charge is 0.303 e. The highest BCUT2D eigenvalue weighted by Crippen LogP contribution is 2.24. The molecule has 0 spiro atoms. The number of para-hydroxylation sites is 1. The van der Waals surface area contributed by atoms with E-state index in [1.54, 1.807) is 26.1 Å². The van der Waals surface area contributed by atoms with Crippen molar-refractivity contribution in [2.24, 2.45) is 0 Å². The van der Waals surface area contributed by atoms with Gasteiger partial charge >= 0.3 is 5.97 Å². The quantitative estimate of drug-likeness (QED) is 0.845. The second kappa shape index (κ2) is 6.25. The number of nitrogens with zero attached hydrogens (tertiary/aromatic N) is 1. The van der Waals surface area contributed by atoms with Gasteiger partial charge in [-0.3, -0.25) is 9.78 Å². The van der Waals surface area contributed by atoms with E-state index in [0.29, 0.717) is 5.52 Å². The van der Waals surface area contributed by atoms with Crippen LogP contribution in [0, 0.1) is 6.92 Å². The molecule has 0 amide bonds. The third-order valence-electron chi connectivity index (χ3n) is 3.47. The largest absolute Gasteiger partial charge is 0.481 e. The van der Waals surface area contributed by atoms with Gasteiger partial charge in [0.2, 0.25) is 10.0 Å². The number of rotatable bonds is 6. The molecule has 1 heterocycles. The molecule has 0 saturated heterocycles. The Hall–Kier alpha value is -1.99. The molecule has 0 fully saturated rings. The predicted octanol–water partition coefficient (Wildman–Crippen LogP) is 2.46. The van der Waals surface area contributed by atoms with E-state index in [0.717, 1.165) is 10.9 Å². The maximum absolute atomic E-state index is 12.7. The standard InChI is InChI=1S/C16H20N2O4S/c1-11-9-12-5-4-6-13(15(12)17-10-11)23(21,22)18-16(2,3)8-7-14(19)20/h4-6,9-10,18H,7-8H2,1-3H3,(H,19,20). The number of carboxylic acids is 1. The average Bonchev–Trinajstić information content (AvgIpc) is 2.43. The number of aryl methyl sites for hydroxylation is 1. The third-order valence-corrected chi connectivity index (χ3v) is 5.20. The number of hydrogen-bond acceptors (Lipinski definition) is 4. The third kappa shape index (κ3) is 4.27. The first-order valence-corrected chi connectivity index (χ1v) is 8.70. The Morgan fingerprint density at radius 1 is 1.35 bits per heavy atom. The van der Waals surface area contributed by atoms with Crippen molar-refractivity contribution in [2.45, 2.75) is 44.0 Å². The molecule has 124 valence electrons. The molecule has 1 aromatic heterocycles. The summed E-state index contributed by atoms with van der Waals surface area (Å²) < 4.78 is 28.0. The zero-order valence-corrected chi connectivity index (χ0v) is 14.1. The maximum atomic E-state index is 12.7. The van der Waals surface area contributed by atoms with Crippen molar-refractivity contribution in [1.29, 1.82) is 0 Å². The van der Waals surface area contributed by atoms with Crippen LogP contribution in [-0.4, -0.2) is 30.0 Å². The molecule has 0 saturated carbocycles. The van der Waals surface area contributed by atoms with E-state index in [9.17, 15) is 13.2 Å². The zero-order valence-electron chi connectivity index (χ0n) is 13.3. The number of benzene rings is 1. The van der Waals surface area contributed by atoms with Gasteiger partial charge < -0.3 is 5.11 Å². The summed E-state index contributed by atoms with van der Waals surface area (Å²) in [5, 5.41) is 9.52. The van der Waals surface area contributed by atoms with Crippen LogP contribution >= 0.6 is 0 Å². The van der Waals surface area contributed by atoms with Crippen LogP contribution in [0.5, 0.6) is 0 Å². The van der Waals surface area contributed by atoms with Crippen LogP contribution in [0.3, 0.4) is 0 Å². The minimum Gasteiger partial charge on any atom is -0.481 e. The monoisotopic (exact) mass is 336 g/mol. The summed E-state index contributed by atoms with van der Waals surface area (Å²) >= 11 is 0. The Labute approximate surface area is 135 Å². The van der Waals surface area contributed by atoms with Gasteiger partial charge in [-0.05, 0) is 44.9 Å². The fourth-order valence-electron chi connectivity index (χ4n) is 2.35. The van der Waals surface area contributed by atoms with Gasteiger partial charge in [-0.1, -0.05) is 12.1 Å². The number of aromatic nitrogens is 1. The van der Waals surface area contributed by atoms with Crippen LogP contribution in [0.15, 0.2) is 35.4 Å². The molecule has 7 heteroatoms. The maximum Gasteiger partial charge on any atom is 0.303 e. The first-order valence-electron chi connectivity index (χ1n) is 7.22. The molecule has 0 aliphatic carbocycles. The molecule has 1 aromatic carbocycles. The van der Waals surface area contributed by atoms with Crippen LogP contribution in [-0.2, 0) is 14.8 Å². The minimum atomic E-state index is -3.81. The van der Waals surface area contributed by atoms with Crippen LogP contribution < -0.4 is 4.72 Å². The lowest BCUT2D eigenvalue weighted by Crippen LogP contribution is -2.43. The summed E-state index contributed by atoms with van der Waals surface area (Å²) in [5.74, 6) is -0.959. The molecule has 2 rings (SSSR count). The van der Waals surface area contributed by atoms with Crippen molar-refractivity contribution >= 4 is 26.9 Å². The van der Waals surface area contributed by atoms with Gasteiger partial charge in [-0.2, -0.15) is 0 Å². The molecule has 6 nitrogen and oxygen atoms in total. The highest BCUT2D eigenvalue weighted by atomic mass is 32.2. The first-order chi connectivity index (χ1) is 10.6. The van der Waals surface area contributed by atoms with E-state index in [1.807, 2.05) is 19.1 Å². The van der Waals surface area contributed by atoms with Crippen molar-refractivity contribution in [3.63, 3.8) is 0 Å². The molecule has 0 radical (unpaired) electrons. The van der Waals surface area contributed by atoms with Gasteiger partial charge in [0.15, 0.2) is 0 Å². The summed E-state index contributed by atoms with van der Waals surface area (Å²) in [5.41, 5.74) is 0.478. The van der Waals surface area contributed by atoms with E-state index >= 15 is 0 Å². The Bertz CT molecular complexity index is 844. The summed E-state index contributed by atoms with van der Waals surface area (Å²) in [7, 11) is -3.81. The molecule has 0 unspecified atom stereocenters. The molecule has 2 aromatic rings. The van der Waals surface area contributed by atoms with E-state index in [2.05, 4.69) is 9.71 Å². The Kier molecular flexibility index (Phi) is 4.72. The number of sulfonamides is 1. The molecule has 23 heavy (non-hydrogen) atoms. The Morgan fingerprint density at radius 3 is 2.70 bits per heavy atom. The summed E-state index contributed by atoms with van der Waals surface area (Å²) in [4.78, 5) is 15.0. The molecular formula is C16H20N2O4S. The molecule has 0 atom stereocenters. The second-order valence-corrected chi connectivity index (χ2v) is 7.87. The van der Waals surface area contributed by atoms with Crippen molar-refractivity contribution < 1.29 is 18.3 Å². The number of carboxylic acid groups (broad SMARTS) is 1. The molecular weight excluding hydrogens is 316 g/mol. The Morgan fingerprint density at radius 2 is 2.04 bits per heavy atom. The van der Waals surface area contributed by atoms with Gasteiger partial charge in [0, 0.05) is 23.5 Å². The van der Waals surface area contributed by atoms with Gasteiger partial charge in [0.05, 0.1) is 5.52 Å². The van der Waals surface area contributed by atoms with Crippen molar-refractivity contribution in [3.8, 4) is 0 Å². The fourth-order valence-corrected chi connectivity index (χ4v) is 3.97. The van der Waals surface area contributed by atoms with Gasteiger partial charge in [-0.15, -0.1) is 0 Å². The number of carbonyl (C=O) groups is 1. The lowest BCUT2D eigenvalue weighted by atomic mass is 10.0. The lowest BCUT2D eigenvalue weighted by Gasteiger charge is -2.25. The molecule has 0 aliphatic rings. The second-order valence-electron chi connectivity index (χ2n) is 6.22. The Balaban J connectivity index is 2.38. The predicted molar refractivity (Wildman–Crippen MR) is 87.8 cm³/mol. The minimum absolute atomic E-state index is 0.0957. The normalized spacial score (nSPS) is 12.5. The molecule has 0 aliphatic heterocycles. The summed E-state index contributed by atoms with van der Waals surface area (Å²) in [6, 6.07) is 6.85. The lowest BCUT2D eigenvalue weighted by molar-refractivity contribution is -0.137. The van der Waals surface area contributed by atoms with Crippen LogP contribution in [0.2, 0.25) is 0 Å². The van der Waals surface area contributed by atoms with E-state index in [1.165, 1.54) is 6.07 Å². The van der Waals surface area contributed by atoms with Crippen molar-refractivity contribution in [2.75, 3.05) is 0 Å². The van der Waals surface area contributed by atoms with Gasteiger partial charge in [0.1, 0.15) is 4.90 Å². The van der Waals surface area contributed by atoms with E-state index in [4.69, 9.17) is 5.11 Å². The molecule has 2 N–H and O–H groups in total. The van der Waals surface area contributed by atoms with E-state index < -0.39 is 21.5 Å². The van der Waals surface area contributed by atoms with Crippen molar-refractivity contribution in [1.82, 2.24) is 9.71 Å². The fraction of sp³-hybridized carbons (Fsp3) is 0.375. The van der Waals surface area contributed by atoms with Crippen LogP contribution in [0.25, 0.3) is 10.9 Å². The van der Waals surface area contributed by atoms with Crippen LogP contribution in [0.4, 0.5) is 0 Å². The highest BCUT2D eigenvalue weighted by Gasteiger charge is 2.28.